The Bertz CT molecular complexity index is 406. The SMILES string of the molecule is Cc1ccsc1CNC(C)c1nccs1. The molecule has 0 saturated heterocycles. The van der Waals surface area contributed by atoms with Crippen molar-refractivity contribution in [2.24, 2.45) is 0 Å². The number of rotatable bonds is 4. The van der Waals surface area contributed by atoms with Crippen molar-refractivity contribution in [2.45, 2.75) is 26.4 Å². The Labute approximate surface area is 98.0 Å². The fourth-order valence-corrected chi connectivity index (χ4v) is 2.89. The maximum atomic E-state index is 4.30. The summed E-state index contributed by atoms with van der Waals surface area (Å²) in [6.45, 7) is 5.24. The second-order valence-corrected chi connectivity index (χ2v) is 5.43. The van der Waals surface area contributed by atoms with E-state index in [-0.39, 0.29) is 0 Å². The Morgan fingerprint density at radius 1 is 1.40 bits per heavy atom. The van der Waals surface area contributed by atoms with Crippen LogP contribution in [0.25, 0.3) is 0 Å². The number of aromatic nitrogens is 1. The highest BCUT2D eigenvalue weighted by molar-refractivity contribution is 7.10. The van der Waals surface area contributed by atoms with Crippen LogP contribution in [0.3, 0.4) is 0 Å². The molecule has 1 N–H and O–H groups in total. The molecule has 0 amide bonds. The van der Waals surface area contributed by atoms with Gasteiger partial charge in [-0.05, 0) is 30.9 Å². The molecule has 2 rings (SSSR count). The molecule has 1 unspecified atom stereocenters. The second-order valence-electron chi connectivity index (χ2n) is 3.50. The highest BCUT2D eigenvalue weighted by atomic mass is 32.1. The van der Waals surface area contributed by atoms with Crippen LogP contribution in [0, 0.1) is 6.92 Å². The summed E-state index contributed by atoms with van der Waals surface area (Å²) < 4.78 is 0. The van der Waals surface area contributed by atoms with Crippen molar-refractivity contribution in [1.29, 1.82) is 0 Å². The Hall–Kier alpha value is -0.710. The molecule has 0 aromatic carbocycles. The standard InChI is InChI=1S/C11H14N2S2/c1-8-3-5-14-10(8)7-13-9(2)11-12-4-6-15-11/h3-6,9,13H,7H2,1-2H3. The second kappa shape index (κ2) is 4.88. The molecular formula is C11H14N2S2. The van der Waals surface area contributed by atoms with Crippen molar-refractivity contribution in [3.8, 4) is 0 Å². The Morgan fingerprint density at radius 3 is 2.87 bits per heavy atom. The van der Waals surface area contributed by atoms with Gasteiger partial charge in [0.15, 0.2) is 0 Å². The monoisotopic (exact) mass is 238 g/mol. The molecule has 2 heterocycles. The number of thiazole rings is 1. The van der Waals surface area contributed by atoms with Crippen molar-refractivity contribution < 1.29 is 0 Å². The number of aryl methyl sites for hydroxylation is 1. The number of nitrogens with one attached hydrogen (secondary N) is 1. The highest BCUT2D eigenvalue weighted by Gasteiger charge is 2.08. The van der Waals surface area contributed by atoms with E-state index in [1.165, 1.54) is 10.4 Å². The van der Waals surface area contributed by atoms with Gasteiger partial charge >= 0.3 is 0 Å². The Morgan fingerprint density at radius 2 is 2.27 bits per heavy atom. The Balaban J connectivity index is 1.91. The third-order valence-electron chi connectivity index (χ3n) is 2.36. The van der Waals surface area contributed by atoms with Gasteiger partial charge in [0.05, 0.1) is 6.04 Å². The van der Waals surface area contributed by atoms with Crippen LogP contribution in [0.1, 0.15) is 28.4 Å². The molecule has 0 radical (unpaired) electrons. The minimum Gasteiger partial charge on any atom is -0.303 e. The molecule has 0 bridgehead atoms. The van der Waals surface area contributed by atoms with Crippen molar-refractivity contribution in [3.63, 3.8) is 0 Å². The van der Waals surface area contributed by atoms with Gasteiger partial charge in [-0.25, -0.2) is 4.98 Å². The molecule has 4 heteroatoms. The molecule has 2 nitrogen and oxygen atoms in total. The predicted molar refractivity (Wildman–Crippen MR) is 66.4 cm³/mol. The number of thiophene rings is 1. The summed E-state index contributed by atoms with van der Waals surface area (Å²) in [7, 11) is 0. The number of nitrogens with zero attached hydrogens (tertiary/aromatic N) is 1. The van der Waals surface area contributed by atoms with Crippen LogP contribution in [-0.4, -0.2) is 4.98 Å². The van der Waals surface area contributed by atoms with Crippen molar-refractivity contribution >= 4 is 22.7 Å². The summed E-state index contributed by atoms with van der Waals surface area (Å²) in [6.07, 6.45) is 1.86. The molecule has 2 aromatic heterocycles. The summed E-state index contributed by atoms with van der Waals surface area (Å²) in [5.74, 6) is 0. The fourth-order valence-electron chi connectivity index (χ4n) is 1.37. The minimum absolute atomic E-state index is 0.339. The molecule has 0 saturated carbocycles. The normalized spacial score (nSPS) is 12.9. The lowest BCUT2D eigenvalue weighted by atomic mass is 10.3. The summed E-state index contributed by atoms with van der Waals surface area (Å²) >= 11 is 3.51. The largest absolute Gasteiger partial charge is 0.303 e. The topological polar surface area (TPSA) is 24.9 Å². The lowest BCUT2D eigenvalue weighted by Gasteiger charge is -2.10. The van der Waals surface area contributed by atoms with E-state index < -0.39 is 0 Å². The zero-order valence-electron chi connectivity index (χ0n) is 8.86. The van der Waals surface area contributed by atoms with Gasteiger partial charge in [0.1, 0.15) is 5.01 Å². The van der Waals surface area contributed by atoms with Crippen LogP contribution in [-0.2, 0) is 6.54 Å². The molecule has 1 atom stereocenters. The third kappa shape index (κ3) is 2.65. The molecule has 0 aliphatic carbocycles. The lowest BCUT2D eigenvalue weighted by Crippen LogP contribution is -2.17. The highest BCUT2D eigenvalue weighted by Crippen LogP contribution is 2.18. The molecule has 0 fully saturated rings. The van der Waals surface area contributed by atoms with E-state index in [0.717, 1.165) is 11.6 Å². The van der Waals surface area contributed by atoms with Crippen LogP contribution < -0.4 is 5.32 Å². The number of hydrogen-bond donors (Lipinski definition) is 1. The fraction of sp³-hybridized carbons (Fsp3) is 0.364. The molecule has 0 aliphatic heterocycles. The average Bonchev–Trinajstić information content (AvgIpc) is 2.85. The zero-order chi connectivity index (χ0) is 10.7. The molecule has 15 heavy (non-hydrogen) atoms. The van der Waals surface area contributed by atoms with E-state index in [4.69, 9.17) is 0 Å². The van der Waals surface area contributed by atoms with E-state index in [1.807, 2.05) is 22.9 Å². The van der Waals surface area contributed by atoms with E-state index in [0.29, 0.717) is 6.04 Å². The maximum absolute atomic E-state index is 4.30. The van der Waals surface area contributed by atoms with Crippen LogP contribution in [0.4, 0.5) is 0 Å². The third-order valence-corrected chi connectivity index (χ3v) is 4.34. The van der Waals surface area contributed by atoms with Crippen LogP contribution >= 0.6 is 22.7 Å². The van der Waals surface area contributed by atoms with Gasteiger partial charge < -0.3 is 5.32 Å². The van der Waals surface area contributed by atoms with Crippen LogP contribution in [0.5, 0.6) is 0 Å². The van der Waals surface area contributed by atoms with E-state index in [2.05, 4.69) is 35.6 Å². The smallest absolute Gasteiger partial charge is 0.109 e. The van der Waals surface area contributed by atoms with E-state index in [9.17, 15) is 0 Å². The Kier molecular flexibility index (Phi) is 3.51. The van der Waals surface area contributed by atoms with Crippen molar-refractivity contribution in [3.05, 3.63) is 38.5 Å². The predicted octanol–water partition coefficient (Wildman–Crippen LogP) is 3.36. The van der Waals surface area contributed by atoms with Gasteiger partial charge in [0.25, 0.3) is 0 Å². The van der Waals surface area contributed by atoms with Gasteiger partial charge in [-0.15, -0.1) is 22.7 Å². The first-order chi connectivity index (χ1) is 7.27. The first kappa shape index (κ1) is 10.8. The van der Waals surface area contributed by atoms with Crippen LogP contribution in [0.2, 0.25) is 0 Å². The van der Waals surface area contributed by atoms with E-state index >= 15 is 0 Å². The first-order valence-corrected chi connectivity index (χ1v) is 6.69. The van der Waals surface area contributed by atoms with Gasteiger partial charge in [0.2, 0.25) is 0 Å². The van der Waals surface area contributed by atoms with Gasteiger partial charge in [-0.2, -0.15) is 0 Å². The average molecular weight is 238 g/mol. The van der Waals surface area contributed by atoms with Crippen LogP contribution in [0.15, 0.2) is 23.0 Å². The summed E-state index contributed by atoms with van der Waals surface area (Å²) in [4.78, 5) is 5.71. The van der Waals surface area contributed by atoms with Gasteiger partial charge in [-0.3, -0.25) is 0 Å². The molecule has 0 aliphatic rings. The van der Waals surface area contributed by atoms with E-state index in [1.54, 1.807) is 11.3 Å². The lowest BCUT2D eigenvalue weighted by molar-refractivity contribution is 0.575. The zero-order valence-corrected chi connectivity index (χ0v) is 10.5. The quantitative estimate of drug-likeness (QED) is 0.883. The van der Waals surface area contributed by atoms with Crippen molar-refractivity contribution in [2.75, 3.05) is 0 Å². The minimum atomic E-state index is 0.339. The maximum Gasteiger partial charge on any atom is 0.109 e. The molecule has 0 spiro atoms. The van der Waals surface area contributed by atoms with Crippen molar-refractivity contribution in [1.82, 2.24) is 10.3 Å². The van der Waals surface area contributed by atoms with Gasteiger partial charge in [-0.1, -0.05) is 0 Å². The summed E-state index contributed by atoms with van der Waals surface area (Å²) in [6, 6.07) is 2.50. The number of hydrogen-bond acceptors (Lipinski definition) is 4. The first-order valence-electron chi connectivity index (χ1n) is 4.93. The van der Waals surface area contributed by atoms with Gasteiger partial charge in [0, 0.05) is 23.0 Å². The summed E-state index contributed by atoms with van der Waals surface area (Å²) in [5, 5.41) is 8.80. The molecule has 2 aromatic rings. The summed E-state index contributed by atoms with van der Waals surface area (Å²) in [5.41, 5.74) is 1.37. The molecular weight excluding hydrogens is 224 g/mol. The molecule has 80 valence electrons.